The highest BCUT2D eigenvalue weighted by molar-refractivity contribution is 7.22. The number of nitrogens with zero attached hydrogens (tertiary/aromatic N) is 4. The molecular formula is C50H30N4O2S2. The van der Waals surface area contributed by atoms with Crippen molar-refractivity contribution in [3.8, 4) is 55.3 Å². The second-order valence-corrected chi connectivity index (χ2v) is 16.2. The Labute approximate surface area is 342 Å². The maximum absolute atomic E-state index is 6.54. The van der Waals surface area contributed by atoms with E-state index < -0.39 is 0 Å². The van der Waals surface area contributed by atoms with E-state index in [1.807, 2.05) is 60.7 Å². The minimum Gasteiger partial charge on any atom is -0.453 e. The van der Waals surface area contributed by atoms with Crippen LogP contribution in [0.3, 0.4) is 0 Å². The largest absolute Gasteiger partial charge is 0.453 e. The van der Waals surface area contributed by atoms with Crippen molar-refractivity contribution >= 4 is 77.2 Å². The monoisotopic (exact) mass is 782 g/mol. The van der Waals surface area contributed by atoms with Crippen LogP contribution in [0.25, 0.3) is 52.7 Å². The fraction of sp³-hybridized carbons (Fsp3) is 0. The molecule has 0 saturated heterocycles. The van der Waals surface area contributed by atoms with E-state index in [9.17, 15) is 0 Å². The summed E-state index contributed by atoms with van der Waals surface area (Å²) in [7, 11) is 0. The number of hydrogen-bond acceptors (Lipinski definition) is 8. The van der Waals surface area contributed by atoms with Gasteiger partial charge in [0.25, 0.3) is 0 Å². The van der Waals surface area contributed by atoms with Gasteiger partial charge in [0.05, 0.1) is 54.6 Å². The molecule has 2 aliphatic heterocycles. The van der Waals surface area contributed by atoms with Crippen molar-refractivity contribution in [2.45, 2.75) is 0 Å². The lowest BCUT2D eigenvalue weighted by Crippen LogP contribution is -2.18. The molecule has 2 aromatic heterocycles. The lowest BCUT2D eigenvalue weighted by Gasteiger charge is -2.36. The smallest absolute Gasteiger partial charge is 0.151 e. The molecule has 8 heteroatoms. The van der Waals surface area contributed by atoms with Gasteiger partial charge in [-0.05, 0) is 84.9 Å². The number of ether oxygens (including phenoxy) is 2. The molecule has 0 N–H and O–H groups in total. The van der Waals surface area contributed by atoms with E-state index in [4.69, 9.17) is 19.4 Å². The lowest BCUT2D eigenvalue weighted by atomic mass is 9.95. The quantitative estimate of drug-likeness (QED) is 0.173. The van der Waals surface area contributed by atoms with E-state index in [0.29, 0.717) is 0 Å². The Morgan fingerprint density at radius 2 is 0.690 bits per heavy atom. The molecule has 0 fully saturated rings. The van der Waals surface area contributed by atoms with Crippen LogP contribution >= 0.6 is 22.7 Å². The average Bonchev–Trinajstić information content (AvgIpc) is 3.92. The number of hydrogen-bond donors (Lipinski definition) is 0. The van der Waals surface area contributed by atoms with Crippen molar-refractivity contribution in [3.63, 3.8) is 0 Å². The first-order valence-corrected chi connectivity index (χ1v) is 20.7. The van der Waals surface area contributed by atoms with E-state index in [1.165, 1.54) is 0 Å². The van der Waals surface area contributed by atoms with E-state index >= 15 is 0 Å². The SMILES string of the molecule is c1ccc2c(c1)Oc1ccccc1N2c1cc(-c2nc3ccccc3s2)ccc1-c1ccc(-c2nc3ccccc3s2)cc1N1c2ccccc2Oc2ccccc21. The molecule has 0 bridgehead atoms. The molecular weight excluding hydrogens is 753 g/mol. The molecule has 0 saturated carbocycles. The molecule has 274 valence electrons. The molecule has 12 rings (SSSR count). The third-order valence-electron chi connectivity index (χ3n) is 10.7. The van der Waals surface area contributed by atoms with Gasteiger partial charge in [0, 0.05) is 22.3 Å². The van der Waals surface area contributed by atoms with Crippen LogP contribution < -0.4 is 19.3 Å². The third-order valence-corrected chi connectivity index (χ3v) is 12.9. The molecule has 0 radical (unpaired) electrons. The van der Waals surface area contributed by atoms with E-state index in [0.717, 1.165) is 110 Å². The van der Waals surface area contributed by atoms with E-state index in [1.54, 1.807) is 22.7 Å². The molecule has 0 atom stereocenters. The van der Waals surface area contributed by atoms with Gasteiger partial charge in [-0.2, -0.15) is 0 Å². The second kappa shape index (κ2) is 13.2. The molecule has 4 heterocycles. The zero-order chi connectivity index (χ0) is 38.2. The number of para-hydroxylation sites is 10. The summed E-state index contributed by atoms with van der Waals surface area (Å²) in [5.74, 6) is 3.17. The maximum Gasteiger partial charge on any atom is 0.151 e. The van der Waals surface area contributed by atoms with E-state index in [-0.39, 0.29) is 0 Å². The number of fused-ring (bicyclic) bond motifs is 6. The highest BCUT2D eigenvalue weighted by atomic mass is 32.1. The molecule has 0 unspecified atom stereocenters. The van der Waals surface area contributed by atoms with Crippen molar-refractivity contribution in [3.05, 3.63) is 182 Å². The van der Waals surface area contributed by atoms with Crippen LogP contribution in [0.5, 0.6) is 23.0 Å². The fourth-order valence-electron chi connectivity index (χ4n) is 8.07. The minimum absolute atomic E-state index is 0.792. The zero-order valence-corrected chi connectivity index (χ0v) is 32.4. The summed E-state index contributed by atoms with van der Waals surface area (Å²) in [6.07, 6.45) is 0. The summed E-state index contributed by atoms with van der Waals surface area (Å²) in [5.41, 5.74) is 12.0. The Morgan fingerprint density at radius 1 is 0.345 bits per heavy atom. The average molecular weight is 783 g/mol. The number of aromatic nitrogens is 2. The minimum atomic E-state index is 0.792. The van der Waals surface area contributed by atoms with Crippen LogP contribution in [0, 0.1) is 0 Å². The van der Waals surface area contributed by atoms with Gasteiger partial charge in [-0.1, -0.05) is 97.1 Å². The van der Waals surface area contributed by atoms with Crippen LogP contribution in [0.4, 0.5) is 34.1 Å². The summed E-state index contributed by atoms with van der Waals surface area (Å²) in [5, 5.41) is 1.93. The Morgan fingerprint density at radius 3 is 1.07 bits per heavy atom. The summed E-state index contributed by atoms with van der Waals surface area (Å²) in [6, 6.07) is 63.2. The Bertz CT molecular complexity index is 2870. The van der Waals surface area contributed by atoms with Crippen molar-refractivity contribution in [2.24, 2.45) is 0 Å². The summed E-state index contributed by atoms with van der Waals surface area (Å²) in [6.45, 7) is 0. The number of rotatable bonds is 5. The van der Waals surface area contributed by atoms with Gasteiger partial charge < -0.3 is 19.3 Å². The van der Waals surface area contributed by atoms with Crippen molar-refractivity contribution in [1.82, 2.24) is 9.97 Å². The Kier molecular flexibility index (Phi) is 7.47. The summed E-state index contributed by atoms with van der Waals surface area (Å²) >= 11 is 3.42. The molecule has 6 nitrogen and oxygen atoms in total. The van der Waals surface area contributed by atoms with Gasteiger partial charge in [-0.25, -0.2) is 9.97 Å². The van der Waals surface area contributed by atoms with Gasteiger partial charge >= 0.3 is 0 Å². The van der Waals surface area contributed by atoms with Gasteiger partial charge in [-0.3, -0.25) is 0 Å². The molecule has 2 aliphatic rings. The Balaban J connectivity index is 1.15. The first-order chi connectivity index (χ1) is 28.7. The van der Waals surface area contributed by atoms with Gasteiger partial charge in [-0.15, -0.1) is 22.7 Å². The van der Waals surface area contributed by atoms with E-state index in [2.05, 4.69) is 131 Å². The maximum atomic E-state index is 6.54. The molecule has 0 amide bonds. The normalized spacial score (nSPS) is 12.7. The predicted octanol–water partition coefficient (Wildman–Crippen LogP) is 15.1. The fourth-order valence-corrected chi connectivity index (χ4v) is 10.00. The predicted molar refractivity (Wildman–Crippen MR) is 239 cm³/mol. The van der Waals surface area contributed by atoms with Crippen LogP contribution in [-0.2, 0) is 0 Å². The van der Waals surface area contributed by atoms with Crippen molar-refractivity contribution in [1.29, 1.82) is 0 Å². The second-order valence-electron chi connectivity index (χ2n) is 14.2. The summed E-state index contributed by atoms with van der Waals surface area (Å²) in [4.78, 5) is 14.9. The van der Waals surface area contributed by atoms with Crippen LogP contribution in [0.1, 0.15) is 0 Å². The molecule has 58 heavy (non-hydrogen) atoms. The topological polar surface area (TPSA) is 50.7 Å². The highest BCUT2D eigenvalue weighted by Crippen LogP contribution is 2.57. The number of anilines is 6. The number of benzene rings is 8. The van der Waals surface area contributed by atoms with Gasteiger partial charge in [0.2, 0.25) is 0 Å². The zero-order valence-electron chi connectivity index (χ0n) is 30.7. The van der Waals surface area contributed by atoms with Gasteiger partial charge in [0.1, 0.15) is 10.0 Å². The van der Waals surface area contributed by atoms with Crippen LogP contribution in [-0.4, -0.2) is 9.97 Å². The lowest BCUT2D eigenvalue weighted by molar-refractivity contribution is 0.476. The van der Waals surface area contributed by atoms with Crippen LogP contribution in [0.2, 0.25) is 0 Å². The van der Waals surface area contributed by atoms with Gasteiger partial charge in [0.15, 0.2) is 23.0 Å². The molecule has 0 aliphatic carbocycles. The molecule has 8 aromatic carbocycles. The third kappa shape index (κ3) is 5.30. The standard InChI is InChI=1S/C50H30N4O2S2/c1-11-23-47-35(13-1)51-49(57-47)31-25-27-33(41(29-31)53-37-15-3-7-19-43(37)55-44-20-8-4-16-38(44)53)34-28-26-32(50-52-36-14-2-12-24-48(36)58-50)30-42(34)54-39-17-5-9-21-45(39)56-46-22-10-6-18-40(46)54/h1-30H. The molecule has 0 spiro atoms. The van der Waals surface area contributed by atoms with Crippen molar-refractivity contribution < 1.29 is 9.47 Å². The summed E-state index contributed by atoms with van der Waals surface area (Å²) < 4.78 is 15.4. The first-order valence-electron chi connectivity index (χ1n) is 19.1. The number of thiazole rings is 2. The highest BCUT2D eigenvalue weighted by Gasteiger charge is 2.32. The van der Waals surface area contributed by atoms with Crippen LogP contribution in [0.15, 0.2) is 182 Å². The Hall–Kier alpha value is -7.26. The molecule has 10 aromatic rings. The first kappa shape index (κ1) is 32.9. The van der Waals surface area contributed by atoms with Crippen molar-refractivity contribution in [2.75, 3.05) is 9.80 Å².